The fourth-order valence-electron chi connectivity index (χ4n) is 6.95. The number of nitrogens with zero attached hydrogens (tertiary/aromatic N) is 2. The predicted molar refractivity (Wildman–Crippen MR) is 220 cm³/mol. The Kier molecular flexibility index (Phi) is 21.2. The van der Waals surface area contributed by atoms with Crippen LogP contribution < -0.4 is 9.80 Å². The molecular weight excluding hydrogens is 775 g/mol. The molecule has 0 unspecified atom stereocenters. The number of hydrogen-bond acceptors (Lipinski definition) is 2. The van der Waals surface area contributed by atoms with Gasteiger partial charge in [-0.2, -0.15) is 36.4 Å². The Bertz CT molecular complexity index is 1550. The van der Waals surface area contributed by atoms with Gasteiger partial charge in [0.1, 0.15) is 0 Å². The van der Waals surface area contributed by atoms with E-state index in [4.69, 9.17) is 23.2 Å². The zero-order chi connectivity index (χ0) is 39.7. The first-order valence-electron chi connectivity index (χ1n) is 18.9. The Labute approximate surface area is 353 Å². The number of anilines is 2. The summed E-state index contributed by atoms with van der Waals surface area (Å²) in [6.07, 6.45) is 11.6. The third-order valence-electron chi connectivity index (χ3n) is 9.61. The van der Waals surface area contributed by atoms with Crippen LogP contribution in [0, 0.1) is 46.2 Å². The van der Waals surface area contributed by atoms with Crippen LogP contribution in [-0.4, -0.2) is 27.2 Å². The number of halogens is 6. The zero-order valence-electron chi connectivity index (χ0n) is 33.2. The summed E-state index contributed by atoms with van der Waals surface area (Å²) in [5.74, 6) is -2.70. The molecule has 2 nitrogen and oxygen atoms in total. The van der Waals surface area contributed by atoms with E-state index in [0.717, 1.165) is 35.7 Å². The minimum Gasteiger partial charge on any atom is -0.423 e. The molecule has 0 amide bonds. The molecule has 2 fully saturated rings. The van der Waals surface area contributed by atoms with Crippen LogP contribution in [0.5, 0.6) is 0 Å². The molecule has 0 aliphatic heterocycles. The molecule has 0 radical (unpaired) electrons. The molecule has 9 heteroatoms. The van der Waals surface area contributed by atoms with Gasteiger partial charge >= 0.3 is 21.7 Å². The number of hydrogen-bond donors (Lipinski definition) is 0. The van der Waals surface area contributed by atoms with Crippen LogP contribution in [0.3, 0.4) is 0 Å². The van der Waals surface area contributed by atoms with Gasteiger partial charge in [0.15, 0.2) is 0 Å². The summed E-state index contributed by atoms with van der Waals surface area (Å²) in [5.41, 5.74) is 2.79. The first kappa shape index (κ1) is 48.4. The molecular formula is C46H56Cl2F4N2Ti. The van der Waals surface area contributed by atoms with Crippen molar-refractivity contribution in [1.82, 2.24) is 0 Å². The van der Waals surface area contributed by atoms with Crippen molar-refractivity contribution in [3.63, 3.8) is 0 Å². The molecule has 0 saturated heterocycles. The standard InChI is InChI=1S/2C18H23ClF2N.2C5H5.Ti/c2*1-18(2,17(19)13-7-5-4-6-8-13)12-22(3)16-10-9-14(20)11-15(16)21;2*1-2-4-5-3-1;/h2*9-10H,4-8,12H2,1-3H3;2*1-5H;/q4*-1;+4. The third-order valence-corrected chi connectivity index (χ3v) is 11.2. The van der Waals surface area contributed by atoms with E-state index in [-0.39, 0.29) is 32.5 Å². The molecule has 4 aromatic rings. The minimum absolute atomic E-state index is 0. The van der Waals surface area contributed by atoms with Crippen LogP contribution in [0.25, 0.3) is 0 Å². The molecule has 6 rings (SSSR count). The van der Waals surface area contributed by atoms with Gasteiger partial charge in [0.2, 0.25) is 0 Å². The molecule has 296 valence electrons. The van der Waals surface area contributed by atoms with E-state index < -0.39 is 23.3 Å². The Hall–Kier alpha value is -2.77. The molecule has 0 bridgehead atoms. The second kappa shape index (κ2) is 24.1. The molecule has 2 saturated carbocycles. The van der Waals surface area contributed by atoms with Gasteiger partial charge in [-0.25, -0.2) is 41.8 Å². The van der Waals surface area contributed by atoms with E-state index in [1.165, 1.54) is 73.9 Å². The maximum atomic E-state index is 13.8. The summed E-state index contributed by atoms with van der Waals surface area (Å²) in [6.45, 7) is 9.39. The van der Waals surface area contributed by atoms with E-state index in [9.17, 15) is 17.6 Å². The van der Waals surface area contributed by atoms with Gasteiger partial charge in [0, 0.05) is 57.3 Å². The number of allylic oxidation sites excluding steroid dienone is 2. The van der Waals surface area contributed by atoms with Gasteiger partial charge < -0.3 is 9.80 Å². The zero-order valence-corrected chi connectivity index (χ0v) is 36.3. The van der Waals surface area contributed by atoms with Crippen molar-refractivity contribution in [2.45, 2.75) is 91.9 Å². The SMILES string of the molecule is CN(CC(C)(C)C(Cl)=C1CCCCC1)c1ccc(F)[c-]c1F.CN(CC(C)(C)C(Cl)=C1CCCCC1)c1ccc(F)[c-]c1F.[Ti+4].c1cc[cH-]c1.c1cc[cH-]c1. The largest absolute Gasteiger partial charge is 4.00 e. The van der Waals surface area contributed by atoms with Gasteiger partial charge in [-0.1, -0.05) is 74.9 Å². The quantitative estimate of drug-likeness (QED) is 0.0991. The van der Waals surface area contributed by atoms with Crippen LogP contribution in [0.2, 0.25) is 0 Å². The van der Waals surface area contributed by atoms with Gasteiger partial charge in [0.25, 0.3) is 0 Å². The van der Waals surface area contributed by atoms with Crippen LogP contribution in [0.1, 0.15) is 91.9 Å². The molecule has 2 aliphatic rings. The number of benzene rings is 2. The monoisotopic (exact) mass is 830 g/mol. The smallest absolute Gasteiger partial charge is 0.423 e. The van der Waals surface area contributed by atoms with Gasteiger partial charge in [0.05, 0.1) is 0 Å². The predicted octanol–water partition coefficient (Wildman–Crippen LogP) is 14.2. The molecule has 0 spiro atoms. The van der Waals surface area contributed by atoms with Gasteiger partial charge in [-0.3, -0.25) is 0 Å². The second-order valence-corrected chi connectivity index (χ2v) is 16.1. The normalized spacial score (nSPS) is 14.1. The molecule has 0 heterocycles. The summed E-state index contributed by atoms with van der Waals surface area (Å²) < 4.78 is 53.7. The topological polar surface area (TPSA) is 6.48 Å². The van der Waals surface area contributed by atoms with E-state index in [2.05, 4.69) is 39.8 Å². The third kappa shape index (κ3) is 16.3. The Morgan fingerprint density at radius 2 is 0.891 bits per heavy atom. The maximum absolute atomic E-state index is 13.8. The first-order chi connectivity index (χ1) is 25.6. The van der Waals surface area contributed by atoms with Crippen molar-refractivity contribution in [2.75, 3.05) is 37.0 Å². The van der Waals surface area contributed by atoms with Crippen LogP contribution >= 0.6 is 23.2 Å². The summed E-state index contributed by atoms with van der Waals surface area (Å²) in [4.78, 5) is 3.55. The van der Waals surface area contributed by atoms with E-state index in [1.807, 2.05) is 60.7 Å². The molecule has 55 heavy (non-hydrogen) atoms. The summed E-state index contributed by atoms with van der Waals surface area (Å²) in [5, 5.41) is 1.79. The molecule has 0 atom stereocenters. The van der Waals surface area contributed by atoms with Crippen molar-refractivity contribution in [3.05, 3.63) is 142 Å². The fraction of sp³-hybridized carbons (Fsp3) is 0.435. The average Bonchev–Trinajstić information content (AvgIpc) is 3.92. The molecule has 0 aromatic heterocycles. The Morgan fingerprint density at radius 1 is 0.582 bits per heavy atom. The summed E-state index contributed by atoms with van der Waals surface area (Å²) in [6, 6.07) is 29.5. The second-order valence-electron chi connectivity index (χ2n) is 15.4. The van der Waals surface area contributed by atoms with Gasteiger partial charge in [-0.15, -0.1) is 36.4 Å². The van der Waals surface area contributed by atoms with Crippen molar-refractivity contribution < 1.29 is 39.3 Å². The number of rotatable bonds is 8. The molecule has 2 aliphatic carbocycles. The van der Waals surface area contributed by atoms with Crippen LogP contribution in [0.15, 0.2) is 106 Å². The van der Waals surface area contributed by atoms with Crippen LogP contribution in [0.4, 0.5) is 28.9 Å². The first-order valence-corrected chi connectivity index (χ1v) is 19.6. The fourth-order valence-corrected chi connectivity index (χ4v) is 7.45. The Balaban J connectivity index is 0.000000298. The van der Waals surface area contributed by atoms with Crippen molar-refractivity contribution in [3.8, 4) is 0 Å². The summed E-state index contributed by atoms with van der Waals surface area (Å²) in [7, 11) is 3.59. The Morgan fingerprint density at radius 3 is 1.15 bits per heavy atom. The maximum Gasteiger partial charge on any atom is 4.00 e. The molecule has 0 N–H and O–H groups in total. The van der Waals surface area contributed by atoms with Gasteiger partial charge in [-0.05, 0) is 76.8 Å². The van der Waals surface area contributed by atoms with Crippen molar-refractivity contribution in [1.29, 1.82) is 0 Å². The summed E-state index contributed by atoms with van der Waals surface area (Å²) >= 11 is 13.3. The van der Waals surface area contributed by atoms with E-state index in [1.54, 1.807) is 23.9 Å². The van der Waals surface area contributed by atoms with Crippen molar-refractivity contribution in [2.24, 2.45) is 10.8 Å². The molecule has 4 aromatic carbocycles. The van der Waals surface area contributed by atoms with E-state index in [0.29, 0.717) is 24.5 Å². The average molecular weight is 832 g/mol. The van der Waals surface area contributed by atoms with Crippen molar-refractivity contribution >= 4 is 34.6 Å². The minimum atomic E-state index is -0.684. The van der Waals surface area contributed by atoms with Crippen LogP contribution in [-0.2, 0) is 21.7 Å². The van der Waals surface area contributed by atoms with E-state index >= 15 is 0 Å².